The van der Waals surface area contributed by atoms with Gasteiger partial charge in [-0.1, -0.05) is 30.7 Å². The molecular weight excluding hydrogens is 705 g/mol. The van der Waals surface area contributed by atoms with Crippen LogP contribution in [0.5, 0.6) is 5.75 Å². The number of anilines is 1. The molecule has 9 rings (SSSR count). The number of ether oxygens (including phenoxy) is 2. The standard InChI is InChI=1S/C40H49ClFN3O6S/c1-24-25(2)52(48,49)43-38(47)26-9-13-36-35(18-26)45(21-39(23-51-36)14-4-7-31-33(39)11-12-34(41)37(31)42)19-27-8-10-32(27)40(50-3,29-16-28(24)17-29)22-44-15-5-6-30(46)20-44/h9,11-13,16,18,24-25,27-28,32H,4-8,10,14-15,17,19-23H2,1-3H3,(H,43,47)/t24-,25-,27+,28+,32-,39+,40+/m1/s1. The van der Waals surface area contributed by atoms with E-state index in [0.717, 1.165) is 49.9 Å². The predicted octanol–water partition coefficient (Wildman–Crippen LogP) is 6.07. The normalized spacial score (nSPS) is 34.4. The van der Waals surface area contributed by atoms with E-state index < -0.39 is 32.2 Å². The summed E-state index contributed by atoms with van der Waals surface area (Å²) in [7, 11) is -2.23. The number of halogens is 2. The third-order valence-corrected chi connectivity index (χ3v) is 15.8. The average Bonchev–Trinajstić information content (AvgIpc) is 3.23. The molecule has 1 N–H and O–H groups in total. The van der Waals surface area contributed by atoms with Crippen LogP contribution in [0.1, 0.15) is 80.3 Å². The monoisotopic (exact) mass is 753 g/mol. The van der Waals surface area contributed by atoms with Crippen LogP contribution >= 0.6 is 11.6 Å². The van der Waals surface area contributed by atoms with Crippen molar-refractivity contribution in [2.45, 2.75) is 81.5 Å². The van der Waals surface area contributed by atoms with Crippen LogP contribution in [0.25, 0.3) is 0 Å². The third-order valence-electron chi connectivity index (χ3n) is 13.6. The molecule has 2 aromatic carbocycles. The Morgan fingerprint density at radius 1 is 1.12 bits per heavy atom. The first-order chi connectivity index (χ1) is 24.8. The Balaban J connectivity index is 1.24. The largest absolute Gasteiger partial charge is 0.490 e. The second-order valence-corrected chi connectivity index (χ2v) is 18.8. The maximum Gasteiger partial charge on any atom is 0.264 e. The molecule has 0 aromatic heterocycles. The number of likely N-dealkylation sites (tertiary alicyclic amines) is 1. The van der Waals surface area contributed by atoms with Crippen molar-refractivity contribution in [2.75, 3.05) is 51.3 Å². The number of fused-ring (bicyclic) bond motifs is 6. The van der Waals surface area contributed by atoms with Crippen LogP contribution < -0.4 is 14.4 Å². The smallest absolute Gasteiger partial charge is 0.264 e. The van der Waals surface area contributed by atoms with Gasteiger partial charge in [0.25, 0.3) is 5.91 Å². The van der Waals surface area contributed by atoms with E-state index >= 15 is 4.39 Å². The van der Waals surface area contributed by atoms with Gasteiger partial charge in [0.1, 0.15) is 23.0 Å². The summed E-state index contributed by atoms with van der Waals surface area (Å²) in [5, 5.41) is -0.704. The number of ketones is 1. The number of rotatable bonds is 3. The molecule has 52 heavy (non-hydrogen) atoms. The molecule has 7 atom stereocenters. The molecule has 0 unspecified atom stereocenters. The van der Waals surface area contributed by atoms with E-state index in [1.54, 1.807) is 38.3 Å². The number of allylic oxidation sites excluding steroid dienone is 1. The van der Waals surface area contributed by atoms with Crippen molar-refractivity contribution in [1.29, 1.82) is 0 Å². The van der Waals surface area contributed by atoms with Crippen molar-refractivity contribution in [1.82, 2.24) is 9.62 Å². The van der Waals surface area contributed by atoms with Gasteiger partial charge in [-0.05, 0) is 123 Å². The zero-order valence-electron chi connectivity index (χ0n) is 30.3. The van der Waals surface area contributed by atoms with Crippen LogP contribution in [-0.2, 0) is 31.4 Å². The summed E-state index contributed by atoms with van der Waals surface area (Å²) in [5.41, 5.74) is 2.50. The molecule has 2 fully saturated rings. The summed E-state index contributed by atoms with van der Waals surface area (Å²) in [6.45, 7) is 6.96. The van der Waals surface area contributed by atoms with Gasteiger partial charge in [-0.25, -0.2) is 17.5 Å². The van der Waals surface area contributed by atoms with E-state index in [0.29, 0.717) is 63.4 Å². The Kier molecular flexibility index (Phi) is 9.27. The maximum absolute atomic E-state index is 15.5. The van der Waals surface area contributed by atoms with Gasteiger partial charge in [-0.2, -0.15) is 0 Å². The number of carbonyl (C=O) groups excluding carboxylic acids is 2. The van der Waals surface area contributed by atoms with Crippen molar-refractivity contribution in [3.63, 3.8) is 0 Å². The molecule has 12 heteroatoms. The fraction of sp³-hybridized carbons (Fsp3) is 0.600. The minimum Gasteiger partial charge on any atom is -0.490 e. The Morgan fingerprint density at radius 2 is 1.92 bits per heavy atom. The van der Waals surface area contributed by atoms with Gasteiger partial charge in [0.15, 0.2) is 0 Å². The second-order valence-electron chi connectivity index (χ2n) is 16.4. The highest BCUT2D eigenvalue weighted by molar-refractivity contribution is 7.90. The minimum atomic E-state index is -4.02. The van der Waals surface area contributed by atoms with E-state index in [2.05, 4.69) is 20.6 Å². The van der Waals surface area contributed by atoms with Crippen LogP contribution in [0.4, 0.5) is 10.1 Å². The molecule has 7 aliphatic rings. The fourth-order valence-corrected chi connectivity index (χ4v) is 11.7. The summed E-state index contributed by atoms with van der Waals surface area (Å²) in [5.74, 6) is -0.0567. The highest BCUT2D eigenvalue weighted by Gasteiger charge is 2.55. The van der Waals surface area contributed by atoms with Crippen molar-refractivity contribution >= 4 is 39.0 Å². The fourth-order valence-electron chi connectivity index (χ4n) is 10.2. The number of nitrogens with one attached hydrogen (secondary N) is 1. The lowest BCUT2D eigenvalue weighted by molar-refractivity contribution is -0.128. The molecule has 4 aliphatic heterocycles. The van der Waals surface area contributed by atoms with Crippen LogP contribution in [0.3, 0.4) is 0 Å². The number of hydrogen-bond donors (Lipinski definition) is 1. The zero-order valence-corrected chi connectivity index (χ0v) is 31.8. The van der Waals surface area contributed by atoms with Crippen molar-refractivity contribution in [3.05, 3.63) is 69.5 Å². The van der Waals surface area contributed by atoms with Crippen LogP contribution in [0.2, 0.25) is 5.02 Å². The van der Waals surface area contributed by atoms with Crippen LogP contribution in [-0.4, -0.2) is 82.3 Å². The average molecular weight is 754 g/mol. The number of nitrogens with zero attached hydrogens (tertiary/aromatic N) is 2. The number of amides is 1. The number of Topliss-reactive ketones (excluding diaryl/α,β-unsaturated/α-hetero) is 1. The second kappa shape index (κ2) is 13.4. The molecule has 280 valence electrons. The van der Waals surface area contributed by atoms with E-state index in [-0.39, 0.29) is 45.9 Å². The summed E-state index contributed by atoms with van der Waals surface area (Å²) in [6.07, 6.45) is 8.46. The Hall–Kier alpha value is -2.99. The molecule has 4 heterocycles. The molecule has 1 saturated heterocycles. The van der Waals surface area contributed by atoms with Gasteiger partial charge in [-0.15, -0.1) is 0 Å². The molecule has 1 amide bonds. The van der Waals surface area contributed by atoms with Crippen molar-refractivity contribution in [2.24, 2.45) is 23.7 Å². The first-order valence-electron chi connectivity index (χ1n) is 18.9. The summed E-state index contributed by atoms with van der Waals surface area (Å²) in [6, 6.07) is 8.72. The lowest BCUT2D eigenvalue weighted by Gasteiger charge is -2.56. The minimum absolute atomic E-state index is 0.00870. The van der Waals surface area contributed by atoms with Gasteiger partial charge in [0.2, 0.25) is 10.0 Å². The first kappa shape index (κ1) is 36.0. The lowest BCUT2D eigenvalue weighted by Crippen LogP contribution is -2.61. The van der Waals surface area contributed by atoms with E-state index in [4.69, 9.17) is 21.1 Å². The number of benzene rings is 2. The summed E-state index contributed by atoms with van der Waals surface area (Å²) < 4.78 is 58.6. The van der Waals surface area contributed by atoms with Gasteiger partial charge < -0.3 is 14.4 Å². The first-order valence-corrected chi connectivity index (χ1v) is 20.8. The van der Waals surface area contributed by atoms with E-state index in [1.165, 1.54) is 5.57 Å². The molecule has 0 radical (unpaired) electrons. The quantitative estimate of drug-likeness (QED) is 0.377. The molecule has 2 aromatic rings. The van der Waals surface area contributed by atoms with E-state index in [1.807, 2.05) is 13.0 Å². The lowest BCUT2D eigenvalue weighted by atomic mass is 9.58. The van der Waals surface area contributed by atoms with Crippen molar-refractivity contribution < 1.29 is 31.9 Å². The number of carbonyl (C=O) groups is 2. The number of methoxy groups -OCH3 is 1. The number of hydrogen-bond acceptors (Lipinski definition) is 8. The zero-order chi connectivity index (χ0) is 36.6. The molecule has 1 saturated carbocycles. The van der Waals surface area contributed by atoms with Gasteiger partial charge in [0.05, 0.1) is 29.1 Å². The van der Waals surface area contributed by atoms with Crippen LogP contribution in [0.15, 0.2) is 42.0 Å². The summed E-state index contributed by atoms with van der Waals surface area (Å²) in [4.78, 5) is 30.9. The maximum atomic E-state index is 15.5. The highest BCUT2D eigenvalue weighted by Crippen LogP contribution is 2.54. The molecule has 1 spiro atoms. The summed E-state index contributed by atoms with van der Waals surface area (Å²) >= 11 is 6.28. The molecule has 3 aliphatic carbocycles. The van der Waals surface area contributed by atoms with Gasteiger partial charge >= 0.3 is 0 Å². The molecule has 4 bridgehead atoms. The van der Waals surface area contributed by atoms with Crippen LogP contribution in [0, 0.1) is 29.5 Å². The van der Waals surface area contributed by atoms with Gasteiger partial charge in [-0.3, -0.25) is 14.5 Å². The topological polar surface area (TPSA) is 105 Å². The Morgan fingerprint density at radius 3 is 2.65 bits per heavy atom. The number of sulfonamides is 1. The Bertz CT molecular complexity index is 1940. The third kappa shape index (κ3) is 5.98. The Labute approximate surface area is 311 Å². The number of piperidine rings is 1. The molecule has 9 nitrogen and oxygen atoms in total. The van der Waals surface area contributed by atoms with E-state index in [9.17, 15) is 18.0 Å². The highest BCUT2D eigenvalue weighted by atomic mass is 35.5. The van der Waals surface area contributed by atoms with Gasteiger partial charge in [0, 0.05) is 44.1 Å². The van der Waals surface area contributed by atoms with Crippen molar-refractivity contribution in [3.8, 4) is 5.75 Å². The SMILES string of the molecule is CO[C@@]1(CN2CCCC(=O)C2)C2=C[C@@H](C2)[C@H](C)[C@@H](C)S(=O)(=O)NC(=O)c2ccc3c(c2)N(C[C@@H]2CC[C@H]21)C[C@@]1(CCCc2c1ccc(Cl)c2F)CO3. The predicted molar refractivity (Wildman–Crippen MR) is 198 cm³/mol. The molecular formula is C40H49ClFN3O6S.